The first-order valence-electron chi connectivity index (χ1n) is 10.0. The summed E-state index contributed by atoms with van der Waals surface area (Å²) in [5.41, 5.74) is 1.73. The standard InChI is InChI=1S/C20H24N8O2S/c1-2-17(29)21-6-7-23-19-24-14(13-28-8-10-30-11-9-28)12-16(26-19)27-20-25-15-4-3-5-22-18(15)31-20/h2-5,12H,1,6-11,13H2,(H,21,29)(H2,23,24,25,26,27). The van der Waals surface area contributed by atoms with Crippen LogP contribution in [0.1, 0.15) is 5.69 Å². The minimum Gasteiger partial charge on any atom is -0.379 e. The van der Waals surface area contributed by atoms with Gasteiger partial charge < -0.3 is 20.7 Å². The van der Waals surface area contributed by atoms with Gasteiger partial charge in [-0.3, -0.25) is 9.69 Å². The number of rotatable bonds is 9. The van der Waals surface area contributed by atoms with Crippen LogP contribution in [0.3, 0.4) is 0 Å². The number of carbonyl (C=O) groups is 1. The summed E-state index contributed by atoms with van der Waals surface area (Å²) in [4.78, 5) is 32.6. The summed E-state index contributed by atoms with van der Waals surface area (Å²) in [6.07, 6.45) is 3.00. The number of thiazole rings is 1. The van der Waals surface area contributed by atoms with Crippen molar-refractivity contribution in [2.75, 3.05) is 50.0 Å². The summed E-state index contributed by atoms with van der Waals surface area (Å²) < 4.78 is 5.43. The number of pyridine rings is 1. The third-order valence-electron chi connectivity index (χ3n) is 4.56. The fraction of sp³-hybridized carbons (Fsp3) is 0.350. The minimum absolute atomic E-state index is 0.212. The molecular formula is C20H24N8O2S. The molecule has 3 aromatic rings. The molecule has 0 bridgehead atoms. The summed E-state index contributed by atoms with van der Waals surface area (Å²) in [7, 11) is 0. The van der Waals surface area contributed by atoms with E-state index >= 15 is 0 Å². The summed E-state index contributed by atoms with van der Waals surface area (Å²) >= 11 is 1.47. The number of nitrogens with one attached hydrogen (secondary N) is 3. The van der Waals surface area contributed by atoms with Gasteiger partial charge in [-0.1, -0.05) is 17.9 Å². The minimum atomic E-state index is -0.212. The molecule has 1 fully saturated rings. The maximum Gasteiger partial charge on any atom is 0.243 e. The highest BCUT2D eigenvalue weighted by Gasteiger charge is 2.14. The number of nitrogens with zero attached hydrogens (tertiary/aromatic N) is 5. The van der Waals surface area contributed by atoms with E-state index in [0.717, 1.165) is 42.3 Å². The SMILES string of the molecule is C=CC(=O)NCCNc1nc(CN2CCOCC2)cc(Nc2nc3cccnc3s2)n1. The number of anilines is 3. The first kappa shape index (κ1) is 21.1. The molecule has 1 aliphatic rings. The molecule has 3 N–H and O–H groups in total. The van der Waals surface area contributed by atoms with Crippen molar-refractivity contribution in [1.29, 1.82) is 0 Å². The van der Waals surface area contributed by atoms with Crippen LogP contribution in [0.5, 0.6) is 0 Å². The Labute approximate surface area is 183 Å². The van der Waals surface area contributed by atoms with Gasteiger partial charge in [0.15, 0.2) is 5.13 Å². The second kappa shape index (κ2) is 10.2. The molecule has 0 saturated carbocycles. The number of hydrogen-bond donors (Lipinski definition) is 3. The van der Waals surface area contributed by atoms with Crippen LogP contribution in [0.4, 0.5) is 16.9 Å². The van der Waals surface area contributed by atoms with Gasteiger partial charge in [0.25, 0.3) is 0 Å². The van der Waals surface area contributed by atoms with Crippen molar-refractivity contribution in [3.63, 3.8) is 0 Å². The van der Waals surface area contributed by atoms with Crippen molar-refractivity contribution < 1.29 is 9.53 Å². The highest BCUT2D eigenvalue weighted by atomic mass is 32.1. The van der Waals surface area contributed by atoms with E-state index in [4.69, 9.17) is 4.74 Å². The monoisotopic (exact) mass is 440 g/mol. The molecule has 0 radical (unpaired) electrons. The molecule has 0 atom stereocenters. The Kier molecular flexibility index (Phi) is 6.97. The number of amides is 1. The lowest BCUT2D eigenvalue weighted by atomic mass is 10.3. The fourth-order valence-corrected chi connectivity index (χ4v) is 3.89. The van der Waals surface area contributed by atoms with Gasteiger partial charge in [-0.25, -0.2) is 15.0 Å². The normalized spacial score (nSPS) is 14.3. The van der Waals surface area contributed by atoms with E-state index in [0.29, 0.717) is 36.5 Å². The van der Waals surface area contributed by atoms with Crippen molar-refractivity contribution >= 4 is 44.5 Å². The molecule has 31 heavy (non-hydrogen) atoms. The lowest BCUT2D eigenvalue weighted by molar-refractivity contribution is -0.116. The number of morpholine rings is 1. The van der Waals surface area contributed by atoms with Gasteiger partial charge in [-0.15, -0.1) is 0 Å². The number of ether oxygens (including phenoxy) is 1. The van der Waals surface area contributed by atoms with Crippen molar-refractivity contribution in [2.45, 2.75) is 6.54 Å². The average molecular weight is 441 g/mol. The Morgan fingerprint density at radius 1 is 1.26 bits per heavy atom. The van der Waals surface area contributed by atoms with Gasteiger partial charge in [0.2, 0.25) is 11.9 Å². The van der Waals surface area contributed by atoms with E-state index in [1.807, 2.05) is 18.2 Å². The molecule has 10 nitrogen and oxygen atoms in total. The third kappa shape index (κ3) is 5.94. The largest absolute Gasteiger partial charge is 0.379 e. The van der Waals surface area contributed by atoms with Crippen LogP contribution in [0, 0.1) is 0 Å². The van der Waals surface area contributed by atoms with E-state index < -0.39 is 0 Å². The van der Waals surface area contributed by atoms with Crippen LogP contribution in [-0.2, 0) is 16.1 Å². The van der Waals surface area contributed by atoms with Crippen molar-refractivity contribution in [2.24, 2.45) is 0 Å². The van der Waals surface area contributed by atoms with Crippen molar-refractivity contribution in [1.82, 2.24) is 30.2 Å². The molecule has 0 aromatic carbocycles. The Balaban J connectivity index is 1.49. The van der Waals surface area contributed by atoms with Crippen LogP contribution in [0.15, 0.2) is 37.1 Å². The molecule has 0 unspecified atom stereocenters. The Bertz CT molecular complexity index is 1020. The topological polar surface area (TPSA) is 117 Å². The van der Waals surface area contributed by atoms with Gasteiger partial charge in [0.1, 0.15) is 16.2 Å². The molecule has 11 heteroatoms. The third-order valence-corrected chi connectivity index (χ3v) is 5.46. The zero-order valence-electron chi connectivity index (χ0n) is 17.0. The number of fused-ring (bicyclic) bond motifs is 1. The van der Waals surface area contributed by atoms with E-state index in [2.05, 4.69) is 47.4 Å². The average Bonchev–Trinajstić information content (AvgIpc) is 3.19. The summed E-state index contributed by atoms with van der Waals surface area (Å²) in [5.74, 6) is 0.922. The molecule has 1 saturated heterocycles. The van der Waals surface area contributed by atoms with Crippen molar-refractivity contribution in [3.05, 3.63) is 42.7 Å². The van der Waals surface area contributed by atoms with Crippen molar-refractivity contribution in [3.8, 4) is 0 Å². The summed E-state index contributed by atoms with van der Waals surface area (Å²) in [6.45, 7) is 8.26. The molecule has 0 aliphatic carbocycles. The van der Waals surface area contributed by atoms with Crippen LogP contribution in [0.25, 0.3) is 10.3 Å². The fourth-order valence-electron chi connectivity index (χ4n) is 3.08. The number of carbonyl (C=O) groups excluding carboxylic acids is 1. The van der Waals surface area contributed by atoms with Crippen LogP contribution >= 0.6 is 11.3 Å². The summed E-state index contributed by atoms with van der Waals surface area (Å²) in [5, 5.41) is 9.89. The van der Waals surface area contributed by atoms with Crippen LogP contribution in [-0.4, -0.2) is 70.1 Å². The van der Waals surface area contributed by atoms with Crippen LogP contribution < -0.4 is 16.0 Å². The lowest BCUT2D eigenvalue weighted by Crippen LogP contribution is -2.36. The maximum absolute atomic E-state index is 11.3. The molecular weight excluding hydrogens is 416 g/mol. The second-order valence-electron chi connectivity index (χ2n) is 6.85. The predicted molar refractivity (Wildman–Crippen MR) is 121 cm³/mol. The lowest BCUT2D eigenvalue weighted by Gasteiger charge is -2.26. The number of aromatic nitrogens is 4. The first-order valence-corrected chi connectivity index (χ1v) is 10.8. The highest BCUT2D eigenvalue weighted by Crippen LogP contribution is 2.26. The Hall–Kier alpha value is -3.15. The molecule has 3 aromatic heterocycles. The molecule has 4 heterocycles. The maximum atomic E-state index is 11.3. The second-order valence-corrected chi connectivity index (χ2v) is 7.83. The first-order chi connectivity index (χ1) is 15.2. The zero-order valence-corrected chi connectivity index (χ0v) is 17.8. The summed E-state index contributed by atoms with van der Waals surface area (Å²) in [6, 6.07) is 5.72. The smallest absolute Gasteiger partial charge is 0.243 e. The molecule has 1 amide bonds. The molecule has 4 rings (SSSR count). The number of hydrogen-bond acceptors (Lipinski definition) is 10. The van der Waals surface area contributed by atoms with E-state index in [1.165, 1.54) is 17.4 Å². The van der Waals surface area contributed by atoms with Gasteiger partial charge in [0.05, 0.1) is 18.9 Å². The highest BCUT2D eigenvalue weighted by molar-refractivity contribution is 7.21. The van der Waals surface area contributed by atoms with E-state index in [-0.39, 0.29) is 5.91 Å². The molecule has 162 valence electrons. The molecule has 1 aliphatic heterocycles. The molecule has 0 spiro atoms. The predicted octanol–water partition coefficient (Wildman–Crippen LogP) is 1.77. The van der Waals surface area contributed by atoms with Gasteiger partial charge >= 0.3 is 0 Å². The van der Waals surface area contributed by atoms with Gasteiger partial charge in [-0.05, 0) is 18.2 Å². The zero-order chi connectivity index (χ0) is 21.5. The van der Waals surface area contributed by atoms with Gasteiger partial charge in [0, 0.05) is 45.0 Å². The quantitative estimate of drug-likeness (QED) is 0.338. The van der Waals surface area contributed by atoms with E-state index in [1.54, 1.807) is 6.20 Å². The van der Waals surface area contributed by atoms with Crippen LogP contribution in [0.2, 0.25) is 0 Å². The Morgan fingerprint density at radius 3 is 2.94 bits per heavy atom. The van der Waals surface area contributed by atoms with Gasteiger partial charge in [-0.2, -0.15) is 4.98 Å². The Morgan fingerprint density at radius 2 is 2.13 bits per heavy atom. The van der Waals surface area contributed by atoms with E-state index in [9.17, 15) is 4.79 Å².